The zero-order valence-electron chi connectivity index (χ0n) is 9.08. The van der Waals surface area contributed by atoms with Crippen LogP contribution < -0.4 is 11.4 Å². The minimum absolute atomic E-state index is 0.274. The first-order valence-electron chi connectivity index (χ1n) is 5.19. The van der Waals surface area contributed by atoms with E-state index in [0.717, 1.165) is 0 Å². The SMILES string of the molecule is NC(Cn1cccnc1=O)c1cccc(F)c1. The maximum atomic E-state index is 13.0. The summed E-state index contributed by atoms with van der Waals surface area (Å²) in [5, 5.41) is 0. The topological polar surface area (TPSA) is 60.9 Å². The Kier molecular flexibility index (Phi) is 3.30. The lowest BCUT2D eigenvalue weighted by Gasteiger charge is -2.13. The molecular weight excluding hydrogens is 221 g/mol. The molecule has 88 valence electrons. The summed E-state index contributed by atoms with van der Waals surface area (Å²) in [6.45, 7) is 0.274. The van der Waals surface area contributed by atoms with Gasteiger partial charge in [-0.3, -0.25) is 4.57 Å². The van der Waals surface area contributed by atoms with Crippen LogP contribution >= 0.6 is 0 Å². The Bertz CT molecular complexity index is 567. The van der Waals surface area contributed by atoms with E-state index < -0.39 is 6.04 Å². The highest BCUT2D eigenvalue weighted by atomic mass is 19.1. The Morgan fingerprint density at radius 1 is 1.41 bits per heavy atom. The van der Waals surface area contributed by atoms with Gasteiger partial charge in [0.15, 0.2) is 0 Å². The van der Waals surface area contributed by atoms with Crippen LogP contribution in [-0.4, -0.2) is 9.55 Å². The molecule has 0 aliphatic heterocycles. The smallest absolute Gasteiger partial charge is 0.322 e. The molecule has 17 heavy (non-hydrogen) atoms. The largest absolute Gasteiger partial charge is 0.347 e. The molecule has 0 aliphatic carbocycles. The average molecular weight is 233 g/mol. The summed E-state index contributed by atoms with van der Waals surface area (Å²) < 4.78 is 14.4. The summed E-state index contributed by atoms with van der Waals surface area (Å²) in [6, 6.07) is 7.26. The Morgan fingerprint density at radius 2 is 2.24 bits per heavy atom. The van der Waals surface area contributed by atoms with E-state index in [-0.39, 0.29) is 18.1 Å². The molecule has 0 saturated heterocycles. The van der Waals surface area contributed by atoms with Crippen LogP contribution in [0.1, 0.15) is 11.6 Å². The summed E-state index contributed by atoms with van der Waals surface area (Å²) in [7, 11) is 0. The number of nitrogens with zero attached hydrogens (tertiary/aromatic N) is 2. The number of hydrogen-bond donors (Lipinski definition) is 1. The molecule has 1 aromatic heterocycles. The molecule has 1 unspecified atom stereocenters. The maximum Gasteiger partial charge on any atom is 0.347 e. The third-order valence-corrected chi connectivity index (χ3v) is 2.45. The van der Waals surface area contributed by atoms with Crippen molar-refractivity contribution in [2.24, 2.45) is 5.73 Å². The zero-order valence-corrected chi connectivity index (χ0v) is 9.08. The molecule has 4 nitrogen and oxygen atoms in total. The van der Waals surface area contributed by atoms with Crippen molar-refractivity contribution in [2.45, 2.75) is 12.6 Å². The fraction of sp³-hybridized carbons (Fsp3) is 0.167. The van der Waals surface area contributed by atoms with E-state index in [1.54, 1.807) is 24.4 Å². The van der Waals surface area contributed by atoms with Crippen molar-refractivity contribution in [1.29, 1.82) is 0 Å². The second-order valence-electron chi connectivity index (χ2n) is 3.72. The van der Waals surface area contributed by atoms with Gasteiger partial charge in [0.25, 0.3) is 0 Å². The molecule has 5 heteroatoms. The van der Waals surface area contributed by atoms with E-state index in [1.807, 2.05) is 0 Å². The van der Waals surface area contributed by atoms with Crippen molar-refractivity contribution < 1.29 is 4.39 Å². The first-order valence-corrected chi connectivity index (χ1v) is 5.19. The van der Waals surface area contributed by atoms with Crippen molar-refractivity contribution in [3.05, 3.63) is 64.6 Å². The molecule has 1 atom stereocenters. The third kappa shape index (κ3) is 2.76. The molecule has 0 bridgehead atoms. The lowest BCUT2D eigenvalue weighted by atomic mass is 10.1. The maximum absolute atomic E-state index is 13.0. The van der Waals surface area contributed by atoms with E-state index in [2.05, 4.69) is 4.98 Å². The second-order valence-corrected chi connectivity index (χ2v) is 3.72. The minimum Gasteiger partial charge on any atom is -0.322 e. The molecule has 1 heterocycles. The van der Waals surface area contributed by atoms with Crippen LogP contribution in [0.5, 0.6) is 0 Å². The summed E-state index contributed by atoms with van der Waals surface area (Å²) >= 11 is 0. The van der Waals surface area contributed by atoms with Gasteiger partial charge in [0.2, 0.25) is 0 Å². The highest BCUT2D eigenvalue weighted by molar-refractivity contribution is 5.19. The van der Waals surface area contributed by atoms with Crippen molar-refractivity contribution in [1.82, 2.24) is 9.55 Å². The first-order chi connectivity index (χ1) is 8.16. The molecule has 0 spiro atoms. The van der Waals surface area contributed by atoms with Crippen LogP contribution in [0.15, 0.2) is 47.5 Å². The van der Waals surface area contributed by atoms with Gasteiger partial charge in [0.05, 0.1) is 0 Å². The van der Waals surface area contributed by atoms with Gasteiger partial charge in [-0.15, -0.1) is 0 Å². The molecule has 0 amide bonds. The summed E-state index contributed by atoms with van der Waals surface area (Å²) in [5.41, 5.74) is 6.20. The molecule has 2 rings (SSSR count). The molecule has 0 aliphatic rings. The Balaban J connectivity index is 2.20. The van der Waals surface area contributed by atoms with Gasteiger partial charge in [-0.1, -0.05) is 12.1 Å². The third-order valence-electron chi connectivity index (χ3n) is 2.45. The van der Waals surface area contributed by atoms with Gasteiger partial charge < -0.3 is 5.73 Å². The van der Waals surface area contributed by atoms with Gasteiger partial charge in [-0.25, -0.2) is 14.2 Å². The normalized spacial score (nSPS) is 12.4. The van der Waals surface area contributed by atoms with Crippen LogP contribution in [0, 0.1) is 5.82 Å². The highest BCUT2D eigenvalue weighted by Crippen LogP contribution is 2.12. The molecule has 2 N–H and O–H groups in total. The van der Waals surface area contributed by atoms with Gasteiger partial charge in [0, 0.05) is 25.0 Å². The second kappa shape index (κ2) is 4.88. The fourth-order valence-corrected chi connectivity index (χ4v) is 1.58. The summed E-state index contributed by atoms with van der Waals surface area (Å²) in [4.78, 5) is 15.0. The van der Waals surface area contributed by atoms with Gasteiger partial charge >= 0.3 is 5.69 Å². The van der Waals surface area contributed by atoms with E-state index in [0.29, 0.717) is 5.56 Å². The van der Waals surface area contributed by atoms with Gasteiger partial charge in [0.1, 0.15) is 5.82 Å². The van der Waals surface area contributed by atoms with Crippen LogP contribution in [0.2, 0.25) is 0 Å². The average Bonchev–Trinajstić information content (AvgIpc) is 2.32. The van der Waals surface area contributed by atoms with Crippen LogP contribution in [0.3, 0.4) is 0 Å². The molecule has 0 radical (unpaired) electrons. The molecule has 1 aromatic carbocycles. The van der Waals surface area contributed by atoms with E-state index in [1.165, 1.54) is 22.9 Å². The van der Waals surface area contributed by atoms with Gasteiger partial charge in [-0.05, 0) is 23.8 Å². The van der Waals surface area contributed by atoms with Crippen molar-refractivity contribution in [3.8, 4) is 0 Å². The standard InChI is InChI=1S/C12H12FN3O/c13-10-4-1-3-9(7-10)11(14)8-16-6-2-5-15-12(16)17/h1-7,11H,8,14H2. The number of benzene rings is 1. The Morgan fingerprint density at radius 3 is 2.94 bits per heavy atom. The molecule has 0 saturated carbocycles. The monoisotopic (exact) mass is 233 g/mol. The van der Waals surface area contributed by atoms with Crippen LogP contribution in [0.25, 0.3) is 0 Å². The molecule has 2 aromatic rings. The van der Waals surface area contributed by atoms with Crippen LogP contribution in [-0.2, 0) is 6.54 Å². The Hall–Kier alpha value is -2.01. The van der Waals surface area contributed by atoms with Gasteiger partial charge in [-0.2, -0.15) is 0 Å². The summed E-state index contributed by atoms with van der Waals surface area (Å²) in [6.07, 6.45) is 3.03. The van der Waals surface area contributed by atoms with Crippen molar-refractivity contribution in [2.75, 3.05) is 0 Å². The number of nitrogens with two attached hydrogens (primary N) is 1. The molecular formula is C12H12FN3O. The highest BCUT2D eigenvalue weighted by Gasteiger charge is 2.08. The van der Waals surface area contributed by atoms with Crippen LogP contribution in [0.4, 0.5) is 4.39 Å². The predicted octanol–water partition coefficient (Wildman–Crippen LogP) is 1.08. The first kappa shape index (κ1) is 11.5. The van der Waals surface area contributed by atoms with Crippen molar-refractivity contribution in [3.63, 3.8) is 0 Å². The quantitative estimate of drug-likeness (QED) is 0.863. The number of aromatic nitrogens is 2. The van der Waals surface area contributed by atoms with Crippen molar-refractivity contribution >= 4 is 0 Å². The fourth-order valence-electron chi connectivity index (χ4n) is 1.58. The molecule has 0 fully saturated rings. The van der Waals surface area contributed by atoms with E-state index in [9.17, 15) is 9.18 Å². The predicted molar refractivity (Wildman–Crippen MR) is 61.8 cm³/mol. The lowest BCUT2D eigenvalue weighted by Crippen LogP contribution is -2.27. The number of rotatable bonds is 3. The number of hydrogen-bond acceptors (Lipinski definition) is 3. The van der Waals surface area contributed by atoms with E-state index >= 15 is 0 Å². The minimum atomic E-state index is -0.437. The number of halogens is 1. The van der Waals surface area contributed by atoms with E-state index in [4.69, 9.17) is 5.73 Å². The lowest BCUT2D eigenvalue weighted by molar-refractivity contribution is 0.545. The zero-order chi connectivity index (χ0) is 12.3. The summed E-state index contributed by atoms with van der Waals surface area (Å²) in [5.74, 6) is -0.337. The Labute approximate surface area is 97.5 Å².